The molecule has 0 saturated heterocycles. The van der Waals surface area contributed by atoms with Crippen molar-refractivity contribution in [3.8, 4) is 11.5 Å². The molecular formula is C27H36N2O4. The van der Waals surface area contributed by atoms with Gasteiger partial charge in [0.15, 0.2) is 0 Å². The number of ether oxygens (including phenoxy) is 2. The maximum absolute atomic E-state index is 12.2. The number of nitrogens with zero attached hydrogens (tertiary/aromatic N) is 1. The van der Waals surface area contributed by atoms with E-state index in [-0.39, 0.29) is 5.91 Å². The average Bonchev–Trinajstić information content (AvgIpc) is 2.84. The number of nitrogens with one attached hydrogen (secondary N) is 1. The normalized spacial score (nSPS) is 10.8. The van der Waals surface area contributed by atoms with Crippen LogP contribution in [-0.4, -0.2) is 25.2 Å². The third-order valence-corrected chi connectivity index (χ3v) is 5.33. The summed E-state index contributed by atoms with van der Waals surface area (Å²) in [6, 6.07) is 13.6. The number of unbranched alkanes of at least 4 members (excludes halogenated alkanes) is 8. The van der Waals surface area contributed by atoms with E-state index < -0.39 is 5.97 Å². The minimum atomic E-state index is -0.442. The van der Waals surface area contributed by atoms with Gasteiger partial charge in [0.25, 0.3) is 0 Å². The van der Waals surface area contributed by atoms with Crippen LogP contribution in [-0.2, 0) is 4.79 Å². The summed E-state index contributed by atoms with van der Waals surface area (Å²) in [6.07, 6.45) is 13.1. The van der Waals surface area contributed by atoms with Gasteiger partial charge in [-0.2, -0.15) is 5.10 Å². The van der Waals surface area contributed by atoms with E-state index in [1.54, 1.807) is 61.9 Å². The van der Waals surface area contributed by atoms with Crippen LogP contribution in [0.2, 0.25) is 0 Å². The quantitative estimate of drug-likeness (QED) is 0.113. The van der Waals surface area contributed by atoms with Crippen LogP contribution in [0.25, 0.3) is 0 Å². The van der Waals surface area contributed by atoms with Gasteiger partial charge in [0.2, 0.25) is 5.91 Å². The van der Waals surface area contributed by atoms with Gasteiger partial charge in [0.05, 0.1) is 18.9 Å². The summed E-state index contributed by atoms with van der Waals surface area (Å²) in [5.74, 6) is 0.597. The molecule has 0 radical (unpaired) electrons. The van der Waals surface area contributed by atoms with Crippen molar-refractivity contribution in [3.63, 3.8) is 0 Å². The van der Waals surface area contributed by atoms with E-state index in [4.69, 9.17) is 9.47 Å². The Bertz CT molecular complexity index is 861. The Kier molecular flexibility index (Phi) is 12.4. The fourth-order valence-corrected chi connectivity index (χ4v) is 3.35. The zero-order valence-electron chi connectivity index (χ0n) is 19.8. The average molecular weight is 453 g/mol. The summed E-state index contributed by atoms with van der Waals surface area (Å²) in [4.78, 5) is 24.1. The summed E-state index contributed by atoms with van der Waals surface area (Å²) in [7, 11) is 1.57. The van der Waals surface area contributed by atoms with E-state index in [0.29, 0.717) is 23.5 Å². The van der Waals surface area contributed by atoms with Crippen molar-refractivity contribution in [1.82, 2.24) is 5.43 Å². The highest BCUT2D eigenvalue weighted by Gasteiger charge is 2.08. The number of hydrogen-bond acceptors (Lipinski definition) is 5. The highest BCUT2D eigenvalue weighted by Crippen LogP contribution is 2.16. The molecule has 2 aromatic carbocycles. The molecule has 0 atom stereocenters. The first-order valence-electron chi connectivity index (χ1n) is 11.9. The number of methoxy groups -OCH3 is 1. The molecule has 0 bridgehead atoms. The first-order valence-corrected chi connectivity index (χ1v) is 11.9. The Balaban J connectivity index is 1.62. The summed E-state index contributed by atoms with van der Waals surface area (Å²) in [6.45, 7) is 2.23. The third-order valence-electron chi connectivity index (χ3n) is 5.33. The van der Waals surface area contributed by atoms with E-state index in [1.165, 1.54) is 44.9 Å². The highest BCUT2D eigenvalue weighted by atomic mass is 16.5. The molecule has 2 rings (SSSR count). The van der Waals surface area contributed by atoms with E-state index in [0.717, 1.165) is 18.4 Å². The lowest BCUT2D eigenvalue weighted by Crippen LogP contribution is -2.16. The molecule has 0 fully saturated rings. The number of hydrogen-bond donors (Lipinski definition) is 1. The molecule has 6 nitrogen and oxygen atoms in total. The molecule has 178 valence electrons. The summed E-state index contributed by atoms with van der Waals surface area (Å²) >= 11 is 0. The minimum absolute atomic E-state index is 0.0702. The van der Waals surface area contributed by atoms with Crippen molar-refractivity contribution < 1.29 is 19.1 Å². The lowest BCUT2D eigenvalue weighted by Gasteiger charge is -2.05. The zero-order valence-corrected chi connectivity index (χ0v) is 19.8. The van der Waals surface area contributed by atoms with Gasteiger partial charge in [0.1, 0.15) is 11.5 Å². The van der Waals surface area contributed by atoms with Crippen LogP contribution in [0.5, 0.6) is 11.5 Å². The first-order chi connectivity index (χ1) is 16.1. The molecular weight excluding hydrogens is 416 g/mol. The number of carbonyl (C=O) groups excluding carboxylic acids is 2. The molecule has 0 unspecified atom stereocenters. The zero-order chi connectivity index (χ0) is 23.7. The van der Waals surface area contributed by atoms with Crippen LogP contribution < -0.4 is 14.9 Å². The number of benzene rings is 2. The molecule has 0 heterocycles. The summed E-state index contributed by atoms with van der Waals surface area (Å²) < 4.78 is 10.5. The molecule has 0 aliphatic carbocycles. The van der Waals surface area contributed by atoms with Gasteiger partial charge in [-0.15, -0.1) is 0 Å². The van der Waals surface area contributed by atoms with E-state index in [1.807, 2.05) is 0 Å². The predicted octanol–water partition coefficient (Wildman–Crippen LogP) is 6.29. The van der Waals surface area contributed by atoms with Gasteiger partial charge in [-0.1, -0.05) is 58.3 Å². The predicted molar refractivity (Wildman–Crippen MR) is 132 cm³/mol. The first kappa shape index (κ1) is 26.1. The number of rotatable bonds is 15. The lowest BCUT2D eigenvalue weighted by molar-refractivity contribution is -0.121. The number of carbonyl (C=O) groups is 2. The fourth-order valence-electron chi connectivity index (χ4n) is 3.35. The maximum atomic E-state index is 12.2. The third kappa shape index (κ3) is 10.8. The second-order valence-corrected chi connectivity index (χ2v) is 8.06. The molecule has 6 heteroatoms. The van der Waals surface area contributed by atoms with E-state index >= 15 is 0 Å². The Morgan fingerprint density at radius 2 is 1.39 bits per heavy atom. The Labute approximate surface area is 197 Å². The summed E-state index contributed by atoms with van der Waals surface area (Å²) in [5, 5.41) is 4.01. The lowest BCUT2D eigenvalue weighted by atomic mass is 10.1. The Morgan fingerprint density at radius 1 is 0.818 bits per heavy atom. The molecule has 2 aromatic rings. The maximum Gasteiger partial charge on any atom is 0.343 e. The van der Waals surface area contributed by atoms with Crippen LogP contribution in [0.15, 0.2) is 53.6 Å². The van der Waals surface area contributed by atoms with Gasteiger partial charge < -0.3 is 9.47 Å². The van der Waals surface area contributed by atoms with Crippen molar-refractivity contribution in [1.29, 1.82) is 0 Å². The minimum Gasteiger partial charge on any atom is -0.497 e. The molecule has 0 spiro atoms. The van der Waals surface area contributed by atoms with Crippen LogP contribution in [0, 0.1) is 0 Å². The molecule has 0 aliphatic rings. The van der Waals surface area contributed by atoms with Gasteiger partial charge in [-0.3, -0.25) is 4.79 Å². The van der Waals surface area contributed by atoms with Gasteiger partial charge in [0, 0.05) is 6.42 Å². The van der Waals surface area contributed by atoms with Gasteiger partial charge in [-0.05, 0) is 60.5 Å². The SMILES string of the molecule is CCCCCCCCCCCC(=O)NN=Cc1ccc(OC(=O)c2ccc(OC)cc2)cc1. The van der Waals surface area contributed by atoms with E-state index in [2.05, 4.69) is 17.5 Å². The van der Waals surface area contributed by atoms with Gasteiger partial charge in [-0.25, -0.2) is 10.2 Å². The van der Waals surface area contributed by atoms with Crippen LogP contribution in [0.4, 0.5) is 0 Å². The largest absolute Gasteiger partial charge is 0.497 e. The van der Waals surface area contributed by atoms with Crippen LogP contribution >= 0.6 is 0 Å². The molecule has 0 saturated carbocycles. The fraction of sp³-hybridized carbons (Fsp3) is 0.444. The topological polar surface area (TPSA) is 77.0 Å². The highest BCUT2D eigenvalue weighted by molar-refractivity contribution is 5.91. The molecule has 1 amide bonds. The molecule has 33 heavy (non-hydrogen) atoms. The number of hydrazone groups is 1. The number of esters is 1. The van der Waals surface area contributed by atoms with Crippen molar-refractivity contribution in [2.75, 3.05) is 7.11 Å². The number of amides is 1. The van der Waals surface area contributed by atoms with E-state index in [9.17, 15) is 9.59 Å². The van der Waals surface area contributed by atoms with Crippen molar-refractivity contribution in [2.45, 2.75) is 71.1 Å². The Morgan fingerprint density at radius 3 is 2.00 bits per heavy atom. The van der Waals surface area contributed by atoms with Crippen molar-refractivity contribution in [2.24, 2.45) is 5.10 Å². The van der Waals surface area contributed by atoms with Crippen LogP contribution in [0.3, 0.4) is 0 Å². The van der Waals surface area contributed by atoms with Gasteiger partial charge >= 0.3 is 5.97 Å². The standard InChI is InChI=1S/C27H36N2O4/c1-3-4-5-6-7-8-9-10-11-12-26(30)29-28-21-22-13-17-25(18-14-22)33-27(31)23-15-19-24(32-2)20-16-23/h13-21H,3-12H2,1-2H3,(H,29,30). The Hall–Kier alpha value is -3.15. The monoisotopic (exact) mass is 452 g/mol. The molecule has 0 aliphatic heterocycles. The van der Waals surface area contributed by atoms with Crippen molar-refractivity contribution >= 4 is 18.1 Å². The molecule has 1 N–H and O–H groups in total. The smallest absolute Gasteiger partial charge is 0.343 e. The van der Waals surface area contributed by atoms with Crippen LogP contribution in [0.1, 0.15) is 87.1 Å². The second kappa shape index (κ2) is 15.6. The van der Waals surface area contributed by atoms with Crippen molar-refractivity contribution in [3.05, 3.63) is 59.7 Å². The summed E-state index contributed by atoms with van der Waals surface area (Å²) in [5.41, 5.74) is 3.80. The second-order valence-electron chi connectivity index (χ2n) is 8.06. The molecule has 0 aromatic heterocycles.